The number of hydrogen-bond acceptors (Lipinski definition) is 3. The summed E-state index contributed by atoms with van der Waals surface area (Å²) in [7, 11) is 0. The molecule has 3 heteroatoms. The largest absolute Gasteiger partial charge is 0.392 e. The van der Waals surface area contributed by atoms with Crippen molar-refractivity contribution in [3.8, 4) is 0 Å². The lowest BCUT2D eigenvalue weighted by Gasteiger charge is -2.24. The van der Waals surface area contributed by atoms with Crippen LogP contribution in [0.5, 0.6) is 0 Å². The molecular weight excluding hydrogens is 266 g/mol. The monoisotopic (exact) mass is 289 g/mol. The third-order valence-corrected chi connectivity index (χ3v) is 4.35. The molecule has 0 unspecified atom stereocenters. The Hall–Kier alpha value is -1.16. The maximum absolute atomic E-state index is 9.95. The van der Waals surface area contributed by atoms with Gasteiger partial charge in [0.25, 0.3) is 0 Å². The highest BCUT2D eigenvalue weighted by molar-refractivity contribution is 7.11. The van der Waals surface area contributed by atoms with Gasteiger partial charge in [-0.1, -0.05) is 37.3 Å². The van der Waals surface area contributed by atoms with Gasteiger partial charge in [0.1, 0.15) is 0 Å². The van der Waals surface area contributed by atoms with Gasteiger partial charge in [0.15, 0.2) is 0 Å². The van der Waals surface area contributed by atoms with E-state index in [1.165, 1.54) is 15.3 Å². The number of aliphatic hydroxyl groups excluding tert-OH is 1. The van der Waals surface area contributed by atoms with Crippen molar-refractivity contribution in [2.45, 2.75) is 39.5 Å². The van der Waals surface area contributed by atoms with Gasteiger partial charge in [0.05, 0.1) is 6.10 Å². The van der Waals surface area contributed by atoms with Crippen molar-refractivity contribution in [1.29, 1.82) is 0 Å². The number of aryl methyl sites for hydroxylation is 1. The van der Waals surface area contributed by atoms with Gasteiger partial charge in [-0.25, -0.2) is 0 Å². The maximum Gasteiger partial charge on any atom is 0.0664 e. The van der Waals surface area contributed by atoms with E-state index in [9.17, 15) is 5.11 Å². The van der Waals surface area contributed by atoms with Crippen molar-refractivity contribution in [1.82, 2.24) is 4.90 Å². The first-order valence-corrected chi connectivity index (χ1v) is 7.98. The molecule has 0 fully saturated rings. The second-order valence-electron chi connectivity index (χ2n) is 5.23. The van der Waals surface area contributed by atoms with Crippen LogP contribution in [0, 0.1) is 6.92 Å². The molecule has 0 saturated heterocycles. The van der Waals surface area contributed by atoms with Crippen molar-refractivity contribution in [3.05, 3.63) is 57.8 Å². The zero-order valence-corrected chi connectivity index (χ0v) is 13.1. The summed E-state index contributed by atoms with van der Waals surface area (Å²) in [5.41, 5.74) is 1.30. The molecule has 2 rings (SSSR count). The van der Waals surface area contributed by atoms with Crippen LogP contribution in [0.1, 0.15) is 28.7 Å². The molecule has 1 N–H and O–H groups in total. The number of benzene rings is 1. The molecule has 108 valence electrons. The summed E-state index contributed by atoms with van der Waals surface area (Å²) in [5, 5.41) is 9.95. The summed E-state index contributed by atoms with van der Waals surface area (Å²) >= 11 is 1.84. The quantitative estimate of drug-likeness (QED) is 0.837. The van der Waals surface area contributed by atoms with Crippen molar-refractivity contribution >= 4 is 11.3 Å². The Balaban J connectivity index is 2.03. The summed E-state index contributed by atoms with van der Waals surface area (Å²) in [6, 6.07) is 14.8. The van der Waals surface area contributed by atoms with E-state index in [4.69, 9.17) is 0 Å². The van der Waals surface area contributed by atoms with Crippen LogP contribution in [0.25, 0.3) is 0 Å². The molecule has 1 atom stereocenters. The maximum atomic E-state index is 9.95. The zero-order valence-electron chi connectivity index (χ0n) is 12.2. The van der Waals surface area contributed by atoms with Crippen LogP contribution < -0.4 is 0 Å². The first-order valence-electron chi connectivity index (χ1n) is 7.17. The van der Waals surface area contributed by atoms with Crippen molar-refractivity contribution in [2.24, 2.45) is 0 Å². The second kappa shape index (κ2) is 7.58. The van der Waals surface area contributed by atoms with E-state index < -0.39 is 0 Å². The summed E-state index contributed by atoms with van der Waals surface area (Å²) in [5.74, 6) is 0. The molecule has 20 heavy (non-hydrogen) atoms. The van der Waals surface area contributed by atoms with Crippen LogP contribution in [0.15, 0.2) is 42.5 Å². The van der Waals surface area contributed by atoms with Crippen LogP contribution in [0.3, 0.4) is 0 Å². The van der Waals surface area contributed by atoms with Crippen LogP contribution >= 0.6 is 11.3 Å². The average Bonchev–Trinajstić information content (AvgIpc) is 2.85. The van der Waals surface area contributed by atoms with Crippen molar-refractivity contribution in [3.63, 3.8) is 0 Å². The van der Waals surface area contributed by atoms with E-state index in [0.29, 0.717) is 0 Å². The Morgan fingerprint density at radius 3 is 2.45 bits per heavy atom. The SMILES string of the molecule is CC[C@@H](O)CN(Cc1ccccc1)Cc1ccc(C)s1. The molecular formula is C17H23NOS. The number of nitrogens with zero attached hydrogens (tertiary/aromatic N) is 1. The highest BCUT2D eigenvalue weighted by Crippen LogP contribution is 2.19. The van der Waals surface area contributed by atoms with Crippen LogP contribution in [-0.2, 0) is 13.1 Å². The average molecular weight is 289 g/mol. The van der Waals surface area contributed by atoms with E-state index in [2.05, 4.69) is 48.2 Å². The molecule has 0 aliphatic carbocycles. The smallest absolute Gasteiger partial charge is 0.0664 e. The highest BCUT2D eigenvalue weighted by Gasteiger charge is 2.12. The fraction of sp³-hybridized carbons (Fsp3) is 0.412. The lowest BCUT2D eigenvalue weighted by Crippen LogP contribution is -2.31. The Kier molecular flexibility index (Phi) is 5.77. The Labute approximate surface area is 125 Å². The Bertz CT molecular complexity index is 509. The second-order valence-corrected chi connectivity index (χ2v) is 6.60. The van der Waals surface area contributed by atoms with Gasteiger partial charge < -0.3 is 5.11 Å². The third kappa shape index (κ3) is 4.75. The van der Waals surface area contributed by atoms with Gasteiger partial charge >= 0.3 is 0 Å². The Morgan fingerprint density at radius 2 is 1.85 bits per heavy atom. The zero-order chi connectivity index (χ0) is 14.4. The van der Waals surface area contributed by atoms with Crippen LogP contribution in [-0.4, -0.2) is 22.7 Å². The fourth-order valence-corrected chi connectivity index (χ4v) is 3.18. The normalized spacial score (nSPS) is 12.8. The van der Waals surface area contributed by atoms with E-state index >= 15 is 0 Å². The minimum atomic E-state index is -0.250. The minimum Gasteiger partial charge on any atom is -0.392 e. The molecule has 0 aliphatic heterocycles. The molecule has 1 aromatic heterocycles. The number of aliphatic hydroxyl groups is 1. The Morgan fingerprint density at radius 1 is 1.10 bits per heavy atom. The van der Waals surface area contributed by atoms with E-state index in [0.717, 1.165) is 26.1 Å². The number of thiophene rings is 1. The lowest BCUT2D eigenvalue weighted by atomic mass is 10.2. The lowest BCUT2D eigenvalue weighted by molar-refractivity contribution is 0.102. The minimum absolute atomic E-state index is 0.250. The summed E-state index contributed by atoms with van der Waals surface area (Å²) < 4.78 is 0. The third-order valence-electron chi connectivity index (χ3n) is 3.36. The van der Waals surface area contributed by atoms with Gasteiger partial charge in [-0.2, -0.15) is 0 Å². The number of rotatable bonds is 7. The van der Waals surface area contributed by atoms with Crippen molar-refractivity contribution in [2.75, 3.05) is 6.54 Å². The van der Waals surface area contributed by atoms with Gasteiger partial charge in [0.2, 0.25) is 0 Å². The summed E-state index contributed by atoms with van der Waals surface area (Å²) in [6.45, 7) is 6.68. The topological polar surface area (TPSA) is 23.5 Å². The standard InChI is InChI=1S/C17H23NOS/c1-3-16(19)12-18(11-15-7-5-4-6-8-15)13-17-10-9-14(2)20-17/h4-10,16,19H,3,11-13H2,1-2H3/t16-/m1/s1. The first kappa shape index (κ1) is 15.2. The van der Waals surface area contributed by atoms with E-state index in [1.807, 2.05) is 24.3 Å². The predicted molar refractivity (Wildman–Crippen MR) is 85.9 cm³/mol. The molecule has 0 amide bonds. The van der Waals surface area contributed by atoms with E-state index in [1.54, 1.807) is 0 Å². The van der Waals surface area contributed by atoms with E-state index in [-0.39, 0.29) is 6.10 Å². The molecule has 0 bridgehead atoms. The first-order chi connectivity index (χ1) is 9.67. The molecule has 2 aromatic rings. The number of hydrogen-bond donors (Lipinski definition) is 1. The van der Waals surface area contributed by atoms with Gasteiger partial charge in [-0.3, -0.25) is 4.90 Å². The molecule has 1 aromatic carbocycles. The summed E-state index contributed by atoms with van der Waals surface area (Å²) in [4.78, 5) is 5.03. The van der Waals surface area contributed by atoms with Gasteiger partial charge in [0, 0.05) is 29.4 Å². The van der Waals surface area contributed by atoms with Crippen LogP contribution in [0.4, 0.5) is 0 Å². The highest BCUT2D eigenvalue weighted by atomic mass is 32.1. The molecule has 0 saturated carbocycles. The molecule has 0 aliphatic rings. The molecule has 0 spiro atoms. The predicted octanol–water partition coefficient (Wildman–Crippen LogP) is 3.83. The molecule has 0 radical (unpaired) electrons. The molecule has 1 heterocycles. The van der Waals surface area contributed by atoms with Crippen LogP contribution in [0.2, 0.25) is 0 Å². The van der Waals surface area contributed by atoms with Crippen molar-refractivity contribution < 1.29 is 5.11 Å². The fourth-order valence-electron chi connectivity index (χ4n) is 2.24. The van der Waals surface area contributed by atoms with Gasteiger partial charge in [-0.15, -0.1) is 11.3 Å². The van der Waals surface area contributed by atoms with Gasteiger partial charge in [-0.05, 0) is 31.0 Å². The molecule has 2 nitrogen and oxygen atoms in total. The summed E-state index contributed by atoms with van der Waals surface area (Å²) in [6.07, 6.45) is 0.550.